The molecule has 0 spiro atoms. The molecule has 4 nitrogen and oxygen atoms in total. The Labute approximate surface area is 124 Å². The Morgan fingerprint density at radius 2 is 1.89 bits per heavy atom. The topological polar surface area (TPSA) is 87.2 Å². The minimum atomic E-state index is -1.03. The molecule has 0 fully saturated rings. The first kappa shape index (κ1) is 15.7. The number of alkyl halides is 1. The second-order valence-corrected chi connectivity index (χ2v) is 5.07. The van der Waals surface area contributed by atoms with Crippen LogP contribution in [0.2, 0.25) is 0 Å². The lowest BCUT2D eigenvalue weighted by molar-refractivity contribution is 0.0696. The summed E-state index contributed by atoms with van der Waals surface area (Å²) in [5.74, 6) is -1.03. The first-order chi connectivity index (χ1) is 8.79. The van der Waals surface area contributed by atoms with Crippen molar-refractivity contribution in [2.45, 2.75) is 13.8 Å². The number of rotatable bonds is 4. The van der Waals surface area contributed by atoms with Crippen LogP contribution in [0.3, 0.4) is 0 Å². The summed E-state index contributed by atoms with van der Waals surface area (Å²) in [6.07, 6.45) is 0. The molecule has 1 rings (SSSR count). The van der Waals surface area contributed by atoms with Crippen LogP contribution < -0.4 is 5.73 Å². The number of allylic oxidation sites excluding steroid dienone is 2. The van der Waals surface area contributed by atoms with Crippen LogP contribution in [0.25, 0.3) is 0 Å². The second kappa shape index (κ2) is 6.21. The van der Waals surface area contributed by atoms with Crippen LogP contribution >= 0.6 is 27.5 Å². The van der Waals surface area contributed by atoms with Crippen molar-refractivity contribution < 1.29 is 9.90 Å². The van der Waals surface area contributed by atoms with E-state index < -0.39 is 5.97 Å². The molecule has 0 aliphatic heterocycles. The maximum atomic E-state index is 11.1. The minimum Gasteiger partial charge on any atom is -0.478 e. The third-order valence-electron chi connectivity index (χ3n) is 2.72. The van der Waals surface area contributed by atoms with E-state index in [1.165, 1.54) is 6.07 Å². The Bertz CT molecular complexity index is 582. The number of nitrogens with two attached hydrogens (primary N) is 1. The van der Waals surface area contributed by atoms with Gasteiger partial charge in [-0.25, -0.2) is 4.79 Å². The van der Waals surface area contributed by atoms with Gasteiger partial charge in [-0.2, -0.15) is 0 Å². The van der Waals surface area contributed by atoms with Gasteiger partial charge in [-0.15, -0.1) is 0 Å². The summed E-state index contributed by atoms with van der Waals surface area (Å²) in [5, 5.41) is 17.6. The zero-order valence-electron chi connectivity index (χ0n) is 10.6. The minimum absolute atomic E-state index is 0.0265. The number of halogens is 2. The van der Waals surface area contributed by atoms with Gasteiger partial charge in [0.25, 0.3) is 0 Å². The number of carboxylic acids is 1. The Kier molecular flexibility index (Phi) is 5.14. The molecule has 0 radical (unpaired) electrons. The highest BCUT2D eigenvalue weighted by Gasteiger charge is 2.16. The summed E-state index contributed by atoms with van der Waals surface area (Å²) in [5.41, 5.74) is 8.10. The maximum Gasteiger partial charge on any atom is 0.335 e. The Balaban J connectivity index is 3.40. The molecule has 102 valence electrons. The SMILES string of the molecule is Cc1cc(C)c(C(=O)O)cc1C(=N)/C(Cl)=C(\N)CBr. The Hall–Kier alpha value is -1.33. The van der Waals surface area contributed by atoms with Gasteiger partial charge in [-0.05, 0) is 31.0 Å². The summed E-state index contributed by atoms with van der Waals surface area (Å²) >= 11 is 9.18. The predicted molar refractivity (Wildman–Crippen MR) is 80.6 cm³/mol. The molecule has 0 heterocycles. The molecular weight excluding hydrogens is 332 g/mol. The summed E-state index contributed by atoms with van der Waals surface area (Å²) in [7, 11) is 0. The number of aromatic carboxylic acids is 1. The normalized spacial score (nSPS) is 12.0. The predicted octanol–water partition coefficient (Wildman–Crippen LogP) is 3.17. The number of carboxylic acid groups (broad SMARTS) is 1. The van der Waals surface area contributed by atoms with Crippen LogP contribution in [0.1, 0.15) is 27.0 Å². The van der Waals surface area contributed by atoms with Crippen molar-refractivity contribution in [3.05, 3.63) is 45.1 Å². The molecule has 0 amide bonds. The van der Waals surface area contributed by atoms with E-state index in [2.05, 4.69) is 15.9 Å². The third-order valence-corrected chi connectivity index (χ3v) is 3.75. The van der Waals surface area contributed by atoms with Gasteiger partial charge < -0.3 is 10.8 Å². The molecule has 0 saturated heterocycles. The molecule has 0 unspecified atom stereocenters. The molecule has 0 aliphatic carbocycles. The summed E-state index contributed by atoms with van der Waals surface area (Å²) in [6.45, 7) is 3.52. The lowest BCUT2D eigenvalue weighted by atomic mass is 9.96. The van der Waals surface area contributed by atoms with Crippen LogP contribution in [0.15, 0.2) is 22.9 Å². The fraction of sp³-hybridized carbons (Fsp3) is 0.231. The highest BCUT2D eigenvalue weighted by Crippen LogP contribution is 2.22. The largest absolute Gasteiger partial charge is 0.478 e. The van der Waals surface area contributed by atoms with Gasteiger partial charge in [0.15, 0.2) is 0 Å². The number of aryl methyl sites for hydroxylation is 2. The Morgan fingerprint density at radius 1 is 1.37 bits per heavy atom. The standard InChI is InChI=1S/C13H14BrClN2O2/c1-6-3-7(2)9(13(18)19)4-8(6)12(17)11(15)10(16)5-14/h3-4,17H,5,16H2,1-2H3,(H,18,19)/b11-10+,17-12?. The van der Waals surface area contributed by atoms with Crippen molar-refractivity contribution in [3.63, 3.8) is 0 Å². The van der Waals surface area contributed by atoms with Crippen molar-refractivity contribution in [3.8, 4) is 0 Å². The number of hydrogen-bond acceptors (Lipinski definition) is 3. The second-order valence-electron chi connectivity index (χ2n) is 4.14. The maximum absolute atomic E-state index is 11.1. The molecule has 19 heavy (non-hydrogen) atoms. The van der Waals surface area contributed by atoms with Crippen LogP contribution in [0, 0.1) is 19.3 Å². The highest BCUT2D eigenvalue weighted by atomic mass is 79.9. The summed E-state index contributed by atoms with van der Waals surface area (Å²) in [6, 6.07) is 3.18. The number of nitrogens with one attached hydrogen (secondary N) is 1. The van der Waals surface area contributed by atoms with Gasteiger partial charge in [-0.1, -0.05) is 33.6 Å². The van der Waals surface area contributed by atoms with E-state index in [-0.39, 0.29) is 16.3 Å². The van der Waals surface area contributed by atoms with E-state index in [0.717, 1.165) is 5.56 Å². The summed E-state index contributed by atoms with van der Waals surface area (Å²) in [4.78, 5) is 11.1. The Morgan fingerprint density at radius 3 is 2.37 bits per heavy atom. The van der Waals surface area contributed by atoms with Crippen molar-refractivity contribution in [1.82, 2.24) is 0 Å². The molecule has 0 bridgehead atoms. The van der Waals surface area contributed by atoms with Crippen LogP contribution in [0.5, 0.6) is 0 Å². The van der Waals surface area contributed by atoms with Gasteiger partial charge in [0.1, 0.15) is 0 Å². The molecule has 0 saturated carbocycles. The number of carbonyl (C=O) groups is 1. The van der Waals surface area contributed by atoms with E-state index in [4.69, 9.17) is 27.9 Å². The zero-order chi connectivity index (χ0) is 14.7. The lowest BCUT2D eigenvalue weighted by Gasteiger charge is -2.12. The zero-order valence-corrected chi connectivity index (χ0v) is 12.9. The van der Waals surface area contributed by atoms with Gasteiger partial charge in [0.05, 0.1) is 16.3 Å². The van der Waals surface area contributed by atoms with E-state index in [0.29, 0.717) is 22.2 Å². The first-order valence-electron chi connectivity index (χ1n) is 5.43. The molecular formula is C13H14BrClN2O2. The van der Waals surface area contributed by atoms with E-state index in [9.17, 15) is 4.79 Å². The monoisotopic (exact) mass is 344 g/mol. The fourth-order valence-corrected chi connectivity index (χ4v) is 2.30. The van der Waals surface area contributed by atoms with Crippen molar-refractivity contribution in [1.29, 1.82) is 5.41 Å². The molecule has 1 aromatic carbocycles. The van der Waals surface area contributed by atoms with Crippen LogP contribution in [-0.2, 0) is 0 Å². The average Bonchev–Trinajstić information content (AvgIpc) is 2.35. The van der Waals surface area contributed by atoms with E-state index in [1.807, 2.05) is 0 Å². The van der Waals surface area contributed by atoms with Gasteiger partial charge in [-0.3, -0.25) is 5.41 Å². The molecule has 0 aromatic heterocycles. The van der Waals surface area contributed by atoms with Crippen LogP contribution in [-0.4, -0.2) is 22.1 Å². The molecule has 0 aliphatic rings. The van der Waals surface area contributed by atoms with Gasteiger partial charge >= 0.3 is 5.97 Å². The van der Waals surface area contributed by atoms with Gasteiger partial charge in [0.2, 0.25) is 0 Å². The lowest BCUT2D eigenvalue weighted by Crippen LogP contribution is -2.12. The average molecular weight is 346 g/mol. The van der Waals surface area contributed by atoms with Crippen LogP contribution in [0.4, 0.5) is 0 Å². The van der Waals surface area contributed by atoms with Crippen molar-refractivity contribution >= 4 is 39.2 Å². The van der Waals surface area contributed by atoms with E-state index in [1.54, 1.807) is 19.9 Å². The number of benzene rings is 1. The van der Waals surface area contributed by atoms with Gasteiger partial charge in [0, 0.05) is 16.6 Å². The smallest absolute Gasteiger partial charge is 0.335 e. The third kappa shape index (κ3) is 3.36. The number of hydrogen-bond donors (Lipinski definition) is 3. The first-order valence-corrected chi connectivity index (χ1v) is 6.93. The molecule has 1 aromatic rings. The molecule has 4 N–H and O–H groups in total. The van der Waals surface area contributed by atoms with Crippen molar-refractivity contribution in [2.75, 3.05) is 5.33 Å². The summed E-state index contributed by atoms with van der Waals surface area (Å²) < 4.78 is 0. The molecule has 6 heteroatoms. The quantitative estimate of drug-likeness (QED) is 0.578. The fourth-order valence-electron chi connectivity index (χ4n) is 1.69. The molecule has 0 atom stereocenters. The van der Waals surface area contributed by atoms with Crippen molar-refractivity contribution in [2.24, 2.45) is 5.73 Å². The van der Waals surface area contributed by atoms with E-state index >= 15 is 0 Å². The highest BCUT2D eigenvalue weighted by molar-refractivity contribution is 9.09.